The van der Waals surface area contributed by atoms with Gasteiger partial charge >= 0.3 is 0 Å². The second kappa shape index (κ2) is 5.81. The van der Waals surface area contributed by atoms with Crippen LogP contribution in [0.1, 0.15) is 33.9 Å². The average molecular weight is 315 g/mol. The lowest BCUT2D eigenvalue weighted by Crippen LogP contribution is -2.30. The van der Waals surface area contributed by atoms with Crippen molar-refractivity contribution in [3.8, 4) is 12.3 Å². The van der Waals surface area contributed by atoms with Crippen LogP contribution in [0.25, 0.3) is 0 Å². The zero-order valence-electron chi connectivity index (χ0n) is 12.0. The molecule has 0 bridgehead atoms. The van der Waals surface area contributed by atoms with Crippen LogP contribution in [0, 0.1) is 29.8 Å². The van der Waals surface area contributed by atoms with Gasteiger partial charge in [0.1, 0.15) is 17.5 Å². The second-order valence-electron chi connectivity index (χ2n) is 5.30. The molecule has 1 amide bonds. The van der Waals surface area contributed by atoms with E-state index < -0.39 is 29.4 Å². The summed E-state index contributed by atoms with van der Waals surface area (Å²) in [5.74, 6) is -0.106. The highest BCUT2D eigenvalue weighted by Crippen LogP contribution is 2.35. The summed E-state index contributed by atoms with van der Waals surface area (Å²) >= 11 is 0. The lowest BCUT2D eigenvalue weighted by Gasteiger charge is -2.27. The molecule has 23 heavy (non-hydrogen) atoms. The monoisotopic (exact) mass is 315 g/mol. The zero-order chi connectivity index (χ0) is 16.6. The Balaban J connectivity index is 2.04. The Morgan fingerprint density at radius 2 is 1.96 bits per heavy atom. The smallest absolute Gasteiger partial charge is 0.258 e. The van der Waals surface area contributed by atoms with Crippen molar-refractivity contribution in [3.05, 3.63) is 70.5 Å². The van der Waals surface area contributed by atoms with Gasteiger partial charge in [0.05, 0.1) is 11.6 Å². The predicted molar refractivity (Wildman–Crippen MR) is 78.8 cm³/mol. The molecular weight excluding hydrogens is 303 g/mol. The molecule has 2 aromatic rings. The molecule has 2 aromatic carbocycles. The Morgan fingerprint density at radius 1 is 1.17 bits per heavy atom. The van der Waals surface area contributed by atoms with Gasteiger partial charge in [-0.2, -0.15) is 0 Å². The van der Waals surface area contributed by atoms with E-state index >= 15 is 0 Å². The fraction of sp³-hybridized carbons (Fsp3) is 0.167. The minimum atomic E-state index is -0.852. The molecule has 1 atom stereocenters. The number of hydrogen-bond donors (Lipinski definition) is 0. The Bertz CT molecular complexity index is 826. The summed E-state index contributed by atoms with van der Waals surface area (Å²) in [5.41, 5.74) is 0.463. The average Bonchev–Trinajstić information content (AvgIpc) is 2.86. The molecule has 2 nitrogen and oxygen atoms in total. The van der Waals surface area contributed by atoms with Gasteiger partial charge in [-0.25, -0.2) is 13.2 Å². The van der Waals surface area contributed by atoms with Crippen LogP contribution in [-0.4, -0.2) is 10.8 Å². The summed E-state index contributed by atoms with van der Waals surface area (Å²) in [5, 5.41) is 0. The lowest BCUT2D eigenvalue weighted by atomic mass is 10.0. The number of carbonyl (C=O) groups excluding carboxylic acids is 1. The molecule has 0 N–H and O–H groups in total. The number of halogens is 3. The van der Waals surface area contributed by atoms with Crippen LogP contribution in [0.15, 0.2) is 36.4 Å². The molecule has 0 saturated carbocycles. The van der Waals surface area contributed by atoms with Crippen molar-refractivity contribution in [1.29, 1.82) is 0 Å². The highest BCUT2D eigenvalue weighted by atomic mass is 19.1. The highest BCUT2D eigenvalue weighted by molar-refractivity contribution is 5.98. The van der Waals surface area contributed by atoms with Crippen molar-refractivity contribution in [2.45, 2.75) is 19.0 Å². The molecule has 5 heteroatoms. The molecule has 1 aliphatic heterocycles. The molecule has 1 aliphatic rings. The molecule has 0 radical (unpaired) electrons. The quantitative estimate of drug-likeness (QED) is 0.789. The van der Waals surface area contributed by atoms with Gasteiger partial charge < -0.3 is 4.90 Å². The van der Waals surface area contributed by atoms with Gasteiger partial charge in [0.15, 0.2) is 0 Å². The van der Waals surface area contributed by atoms with E-state index in [4.69, 9.17) is 6.42 Å². The van der Waals surface area contributed by atoms with Crippen molar-refractivity contribution in [3.63, 3.8) is 0 Å². The Kier molecular flexibility index (Phi) is 3.83. The van der Waals surface area contributed by atoms with Crippen LogP contribution in [-0.2, 0) is 6.54 Å². The first-order valence-corrected chi connectivity index (χ1v) is 6.99. The van der Waals surface area contributed by atoms with E-state index in [9.17, 15) is 18.0 Å². The Morgan fingerprint density at radius 3 is 2.65 bits per heavy atom. The first kappa shape index (κ1) is 15.2. The van der Waals surface area contributed by atoms with Gasteiger partial charge in [-0.05, 0) is 29.8 Å². The maximum absolute atomic E-state index is 14.1. The van der Waals surface area contributed by atoms with E-state index in [-0.39, 0.29) is 24.1 Å². The Labute approximate surface area is 131 Å². The molecular formula is C18H12F3NO. The third kappa shape index (κ3) is 2.57. The van der Waals surface area contributed by atoms with Crippen LogP contribution in [0.2, 0.25) is 0 Å². The number of benzene rings is 2. The van der Waals surface area contributed by atoms with Crippen LogP contribution in [0.3, 0.4) is 0 Å². The lowest BCUT2D eigenvalue weighted by molar-refractivity contribution is 0.0697. The summed E-state index contributed by atoms with van der Waals surface area (Å²) in [6.07, 6.45) is 5.33. The minimum Gasteiger partial charge on any atom is -0.326 e. The molecule has 0 fully saturated rings. The zero-order valence-corrected chi connectivity index (χ0v) is 12.0. The van der Waals surface area contributed by atoms with Gasteiger partial charge in [0.25, 0.3) is 5.91 Å². The third-order valence-corrected chi connectivity index (χ3v) is 3.92. The number of rotatable bonds is 3. The number of amides is 1. The van der Waals surface area contributed by atoms with Gasteiger partial charge in [-0.3, -0.25) is 4.79 Å². The predicted octanol–water partition coefficient (Wildman–Crippen LogP) is 3.82. The van der Waals surface area contributed by atoms with Crippen molar-refractivity contribution < 1.29 is 18.0 Å². The van der Waals surface area contributed by atoms with Crippen molar-refractivity contribution >= 4 is 5.91 Å². The molecule has 0 spiro atoms. The summed E-state index contributed by atoms with van der Waals surface area (Å²) in [7, 11) is 0. The fourth-order valence-electron chi connectivity index (χ4n) is 2.86. The van der Waals surface area contributed by atoms with E-state index in [1.807, 2.05) is 0 Å². The third-order valence-electron chi connectivity index (χ3n) is 3.92. The molecule has 0 aromatic heterocycles. The molecule has 3 rings (SSSR count). The van der Waals surface area contributed by atoms with Crippen molar-refractivity contribution in [2.24, 2.45) is 0 Å². The summed E-state index contributed by atoms with van der Waals surface area (Å²) in [4.78, 5) is 13.8. The molecule has 1 unspecified atom stereocenters. The number of nitrogens with zero attached hydrogens (tertiary/aromatic N) is 1. The summed E-state index contributed by atoms with van der Waals surface area (Å²) in [6.45, 7) is 0.105. The van der Waals surface area contributed by atoms with Crippen LogP contribution in [0.5, 0.6) is 0 Å². The van der Waals surface area contributed by atoms with Crippen molar-refractivity contribution in [2.75, 3.05) is 0 Å². The van der Waals surface area contributed by atoms with E-state index in [0.717, 1.165) is 18.2 Å². The highest BCUT2D eigenvalue weighted by Gasteiger charge is 2.36. The first-order chi connectivity index (χ1) is 11.0. The number of fused-ring (bicyclic) bond motifs is 1. The molecule has 0 saturated heterocycles. The van der Waals surface area contributed by atoms with Crippen LogP contribution < -0.4 is 0 Å². The topological polar surface area (TPSA) is 20.3 Å². The van der Waals surface area contributed by atoms with Crippen molar-refractivity contribution in [1.82, 2.24) is 4.90 Å². The largest absolute Gasteiger partial charge is 0.326 e. The first-order valence-electron chi connectivity index (χ1n) is 6.99. The second-order valence-corrected chi connectivity index (χ2v) is 5.30. The van der Waals surface area contributed by atoms with Gasteiger partial charge in [0, 0.05) is 18.5 Å². The summed E-state index contributed by atoms with van der Waals surface area (Å²) in [6, 6.07) is 6.47. The normalized spacial score (nSPS) is 14.5. The summed E-state index contributed by atoms with van der Waals surface area (Å²) < 4.78 is 41.4. The Hall–Kier alpha value is -2.74. The maximum Gasteiger partial charge on any atom is 0.258 e. The van der Waals surface area contributed by atoms with E-state index in [0.29, 0.717) is 5.56 Å². The van der Waals surface area contributed by atoms with E-state index in [1.54, 1.807) is 6.07 Å². The standard InChI is InChI=1S/C18H12F3NO/c1-2-4-16(13-9-12(19)7-8-14(13)20)22-10-11-5-3-6-15(21)17(11)18(22)23/h1,3,5-9,16H,4,10H2. The van der Waals surface area contributed by atoms with Crippen LogP contribution in [0.4, 0.5) is 13.2 Å². The number of terminal acetylenes is 1. The number of hydrogen-bond acceptors (Lipinski definition) is 1. The van der Waals surface area contributed by atoms with E-state index in [1.165, 1.54) is 17.0 Å². The van der Waals surface area contributed by atoms with Gasteiger partial charge in [0.2, 0.25) is 0 Å². The van der Waals surface area contributed by atoms with Crippen LogP contribution >= 0.6 is 0 Å². The minimum absolute atomic E-state index is 0.00171. The maximum atomic E-state index is 14.1. The number of carbonyl (C=O) groups is 1. The molecule has 0 aliphatic carbocycles. The molecule has 1 heterocycles. The molecule has 116 valence electrons. The van der Waals surface area contributed by atoms with E-state index in [2.05, 4.69) is 5.92 Å². The SMILES string of the molecule is C#CCC(c1cc(F)ccc1F)N1Cc2cccc(F)c2C1=O. The van der Waals surface area contributed by atoms with Gasteiger partial charge in [-0.1, -0.05) is 12.1 Å². The van der Waals surface area contributed by atoms with Gasteiger partial charge in [-0.15, -0.1) is 12.3 Å². The fourth-order valence-corrected chi connectivity index (χ4v) is 2.86.